The maximum absolute atomic E-state index is 13.3. The molecule has 1 aliphatic heterocycles. The van der Waals surface area contributed by atoms with E-state index < -0.39 is 22.9 Å². The number of benzene rings is 2. The number of carbonyl (C=O) groups excluding carboxylic acids is 2. The van der Waals surface area contributed by atoms with Crippen molar-refractivity contribution in [1.29, 1.82) is 0 Å². The van der Waals surface area contributed by atoms with E-state index in [0.717, 1.165) is 28.3 Å². The largest absolute Gasteiger partial charge is 0.492 e. The van der Waals surface area contributed by atoms with Gasteiger partial charge in [-0.25, -0.2) is 0 Å². The molecule has 4 rings (SSSR count). The predicted molar refractivity (Wildman–Crippen MR) is 118 cm³/mol. The van der Waals surface area contributed by atoms with Crippen LogP contribution in [0.1, 0.15) is 16.9 Å². The molecule has 0 atom stereocenters. The first-order valence-corrected chi connectivity index (χ1v) is 10.8. The fraction of sp³-hybridized carbons (Fsp3) is 0.167. The van der Waals surface area contributed by atoms with Gasteiger partial charge in [-0.3, -0.25) is 14.5 Å². The van der Waals surface area contributed by atoms with Crippen molar-refractivity contribution >= 4 is 29.0 Å². The third kappa shape index (κ3) is 5.14. The van der Waals surface area contributed by atoms with E-state index in [4.69, 9.17) is 9.15 Å². The lowest BCUT2D eigenvalue weighted by Gasteiger charge is -2.13. The molecule has 2 aromatic carbocycles. The standard InChI is InChI=1S/C24H18F3NO4S/c1-15-5-4-6-16(13-15)31-12-11-28-22(29)21(33-23(28)30)14-17-9-10-20(32-17)18-7-2-3-8-19(18)24(25,26)27/h2-10,13-14H,11-12H2,1H3/b21-14-. The zero-order valence-corrected chi connectivity index (χ0v) is 18.2. The Hall–Kier alpha value is -3.46. The molecular formula is C24H18F3NO4S. The van der Waals surface area contributed by atoms with Crippen LogP contribution in [0.5, 0.6) is 5.75 Å². The van der Waals surface area contributed by atoms with Gasteiger partial charge in [0.2, 0.25) is 0 Å². The van der Waals surface area contributed by atoms with Gasteiger partial charge in [-0.15, -0.1) is 0 Å². The molecule has 1 fully saturated rings. The molecule has 0 bridgehead atoms. The molecule has 3 aromatic rings. The molecule has 170 valence electrons. The fourth-order valence-corrected chi connectivity index (χ4v) is 4.15. The Morgan fingerprint density at radius 1 is 1.06 bits per heavy atom. The number of hydrogen-bond donors (Lipinski definition) is 0. The van der Waals surface area contributed by atoms with Crippen LogP contribution in [0.4, 0.5) is 18.0 Å². The van der Waals surface area contributed by atoms with Crippen LogP contribution < -0.4 is 4.74 Å². The number of alkyl halides is 3. The summed E-state index contributed by atoms with van der Waals surface area (Å²) in [4.78, 5) is 26.1. The number of halogens is 3. The zero-order chi connectivity index (χ0) is 23.6. The minimum atomic E-state index is -4.54. The van der Waals surface area contributed by atoms with Crippen molar-refractivity contribution in [1.82, 2.24) is 4.90 Å². The van der Waals surface area contributed by atoms with Crippen LogP contribution in [-0.4, -0.2) is 29.2 Å². The molecule has 1 saturated heterocycles. The van der Waals surface area contributed by atoms with E-state index in [9.17, 15) is 22.8 Å². The number of rotatable bonds is 6. The second kappa shape index (κ2) is 9.19. The summed E-state index contributed by atoms with van der Waals surface area (Å²) in [5.41, 5.74) is 0.100. The van der Waals surface area contributed by atoms with E-state index in [0.29, 0.717) is 5.75 Å². The van der Waals surface area contributed by atoms with Gasteiger partial charge in [0.25, 0.3) is 11.1 Å². The molecule has 1 aromatic heterocycles. The van der Waals surface area contributed by atoms with Crippen LogP contribution in [0, 0.1) is 6.92 Å². The molecule has 0 aliphatic carbocycles. The molecule has 2 amide bonds. The summed E-state index contributed by atoms with van der Waals surface area (Å²) in [5.74, 6) is 0.315. The topological polar surface area (TPSA) is 59.8 Å². The number of carbonyl (C=O) groups is 2. The number of amides is 2. The Bertz CT molecular complexity index is 1230. The van der Waals surface area contributed by atoms with Gasteiger partial charge in [-0.05, 0) is 54.6 Å². The minimum Gasteiger partial charge on any atom is -0.492 e. The summed E-state index contributed by atoms with van der Waals surface area (Å²) in [6.45, 7) is 2.13. The minimum absolute atomic E-state index is 0.0139. The van der Waals surface area contributed by atoms with Crippen molar-refractivity contribution in [3.05, 3.63) is 82.5 Å². The second-order valence-electron chi connectivity index (χ2n) is 7.24. The lowest BCUT2D eigenvalue weighted by molar-refractivity contribution is -0.137. The van der Waals surface area contributed by atoms with E-state index in [1.807, 2.05) is 25.1 Å². The van der Waals surface area contributed by atoms with Gasteiger partial charge in [0.15, 0.2) is 0 Å². The Labute approximate surface area is 191 Å². The Balaban J connectivity index is 1.46. The number of furan rings is 1. The SMILES string of the molecule is Cc1cccc(OCCN2C(=O)S/C(=C\c3ccc(-c4ccccc4C(F)(F)F)o3)C2=O)c1. The summed E-state index contributed by atoms with van der Waals surface area (Å²) in [6.07, 6.45) is -3.18. The summed E-state index contributed by atoms with van der Waals surface area (Å²) in [6, 6.07) is 15.3. The summed E-state index contributed by atoms with van der Waals surface area (Å²) in [5, 5.41) is -0.451. The molecule has 5 nitrogen and oxygen atoms in total. The highest BCUT2D eigenvalue weighted by Gasteiger charge is 2.36. The summed E-state index contributed by atoms with van der Waals surface area (Å²) >= 11 is 0.741. The average molecular weight is 473 g/mol. The molecule has 1 aliphatic rings. The third-order valence-electron chi connectivity index (χ3n) is 4.84. The number of ether oxygens (including phenoxy) is 1. The molecular weight excluding hydrogens is 455 g/mol. The third-order valence-corrected chi connectivity index (χ3v) is 5.75. The highest BCUT2D eigenvalue weighted by atomic mass is 32.2. The maximum Gasteiger partial charge on any atom is 0.417 e. The van der Waals surface area contributed by atoms with E-state index >= 15 is 0 Å². The first-order chi connectivity index (χ1) is 15.7. The van der Waals surface area contributed by atoms with Crippen LogP contribution in [0.2, 0.25) is 0 Å². The molecule has 0 spiro atoms. The van der Waals surface area contributed by atoms with Gasteiger partial charge in [-0.2, -0.15) is 13.2 Å². The van der Waals surface area contributed by atoms with E-state index in [2.05, 4.69) is 0 Å². The quantitative estimate of drug-likeness (QED) is 0.388. The molecule has 0 N–H and O–H groups in total. The highest BCUT2D eigenvalue weighted by molar-refractivity contribution is 8.18. The monoisotopic (exact) mass is 473 g/mol. The van der Waals surface area contributed by atoms with E-state index in [1.54, 1.807) is 6.07 Å². The molecule has 2 heterocycles. The maximum atomic E-state index is 13.3. The lowest BCUT2D eigenvalue weighted by atomic mass is 10.1. The van der Waals surface area contributed by atoms with Gasteiger partial charge < -0.3 is 9.15 Å². The van der Waals surface area contributed by atoms with Crippen molar-refractivity contribution in [3.63, 3.8) is 0 Å². The number of nitrogens with zero attached hydrogens (tertiary/aromatic N) is 1. The van der Waals surface area contributed by atoms with Crippen molar-refractivity contribution in [2.75, 3.05) is 13.2 Å². The first-order valence-electron chi connectivity index (χ1n) is 9.93. The fourth-order valence-electron chi connectivity index (χ4n) is 3.30. The van der Waals surface area contributed by atoms with Crippen LogP contribution >= 0.6 is 11.8 Å². The van der Waals surface area contributed by atoms with Crippen molar-refractivity contribution in [2.45, 2.75) is 13.1 Å². The smallest absolute Gasteiger partial charge is 0.417 e. The van der Waals surface area contributed by atoms with E-state index in [1.165, 1.54) is 36.4 Å². The zero-order valence-electron chi connectivity index (χ0n) is 17.4. The predicted octanol–water partition coefficient (Wildman–Crippen LogP) is 6.39. The molecule has 33 heavy (non-hydrogen) atoms. The molecule has 9 heteroatoms. The van der Waals surface area contributed by atoms with Crippen LogP contribution in [0.3, 0.4) is 0 Å². The van der Waals surface area contributed by atoms with Crippen LogP contribution in [0.25, 0.3) is 17.4 Å². The van der Waals surface area contributed by atoms with Crippen molar-refractivity contribution in [3.8, 4) is 17.1 Å². The number of imide groups is 1. The second-order valence-corrected chi connectivity index (χ2v) is 8.24. The van der Waals surface area contributed by atoms with Gasteiger partial charge in [0.05, 0.1) is 17.0 Å². The van der Waals surface area contributed by atoms with Gasteiger partial charge >= 0.3 is 6.18 Å². The van der Waals surface area contributed by atoms with Gasteiger partial charge in [0.1, 0.15) is 23.9 Å². The normalized spacial score (nSPS) is 15.5. The van der Waals surface area contributed by atoms with Crippen LogP contribution in [0.15, 0.2) is 70.0 Å². The van der Waals surface area contributed by atoms with Crippen molar-refractivity contribution < 1.29 is 31.9 Å². The van der Waals surface area contributed by atoms with Crippen LogP contribution in [-0.2, 0) is 11.0 Å². The Morgan fingerprint density at radius 2 is 1.85 bits per heavy atom. The Kier molecular flexibility index (Phi) is 6.33. The van der Waals surface area contributed by atoms with Gasteiger partial charge in [-0.1, -0.05) is 30.3 Å². The number of hydrogen-bond acceptors (Lipinski definition) is 5. The summed E-state index contributed by atoms with van der Waals surface area (Å²) in [7, 11) is 0. The van der Waals surface area contributed by atoms with Crippen molar-refractivity contribution in [2.24, 2.45) is 0 Å². The molecule has 0 saturated carbocycles. The number of aryl methyl sites for hydroxylation is 1. The number of thioether (sulfide) groups is 1. The first kappa shape index (κ1) is 22.7. The lowest BCUT2D eigenvalue weighted by Crippen LogP contribution is -2.32. The average Bonchev–Trinajstić information content (AvgIpc) is 3.33. The Morgan fingerprint density at radius 3 is 2.61 bits per heavy atom. The van der Waals surface area contributed by atoms with Gasteiger partial charge in [0, 0.05) is 11.6 Å². The summed E-state index contributed by atoms with van der Waals surface area (Å²) < 4.78 is 51.0. The highest BCUT2D eigenvalue weighted by Crippen LogP contribution is 2.38. The molecule has 0 unspecified atom stereocenters. The molecule has 0 radical (unpaired) electrons. The van der Waals surface area contributed by atoms with E-state index in [-0.39, 0.29) is 35.1 Å².